The summed E-state index contributed by atoms with van der Waals surface area (Å²) in [7, 11) is -4.10. The average Bonchev–Trinajstić information content (AvgIpc) is 2.79. The van der Waals surface area contributed by atoms with Gasteiger partial charge in [-0.1, -0.05) is 108 Å². The molecule has 0 saturated carbocycles. The maximum Gasteiger partial charge on any atom is 0.261 e. The van der Waals surface area contributed by atoms with E-state index in [1.165, 1.54) is 10.4 Å². The van der Waals surface area contributed by atoms with Gasteiger partial charge in [0.25, 0.3) is 8.32 Å². The van der Waals surface area contributed by atoms with Crippen LogP contribution in [0.3, 0.4) is 0 Å². The Labute approximate surface area is 222 Å². The zero-order valence-electron chi connectivity index (χ0n) is 24.0. The monoisotopic (exact) mass is 522 g/mol. The topological polar surface area (TPSA) is 27.7 Å². The van der Waals surface area contributed by atoms with E-state index in [1.54, 1.807) is 0 Å². The molecule has 0 aliphatic carbocycles. The molecule has 0 amide bonds. The van der Waals surface area contributed by atoms with E-state index in [4.69, 9.17) is 13.9 Å². The zero-order chi connectivity index (χ0) is 26.8. The summed E-state index contributed by atoms with van der Waals surface area (Å²) in [5.74, 6) is 3.12. The van der Waals surface area contributed by atoms with Gasteiger partial charge in [-0.15, -0.1) is 11.5 Å². The Kier molecular flexibility index (Phi) is 8.80. The molecule has 0 bridgehead atoms. The Morgan fingerprint density at radius 1 is 0.917 bits per heavy atom. The molecule has 1 fully saturated rings. The predicted octanol–water partition coefficient (Wildman–Crippen LogP) is 6.24. The van der Waals surface area contributed by atoms with Crippen LogP contribution in [0.1, 0.15) is 48.5 Å². The SMILES string of the molecule is C[C@@H]1[C@H]([C@@H](C)C#C[Si](C)(C)C)OC(C)(C)O[C@H]1CO[Si](c1ccccc1)(c1ccccc1)C(C)(C)C. The first-order valence-electron chi connectivity index (χ1n) is 13.3. The first-order chi connectivity index (χ1) is 16.7. The van der Waals surface area contributed by atoms with Gasteiger partial charge in [0.1, 0.15) is 8.07 Å². The number of hydrogen-bond acceptors (Lipinski definition) is 3. The highest BCUT2D eigenvalue weighted by atomic mass is 28.4. The van der Waals surface area contributed by atoms with E-state index in [0.29, 0.717) is 6.61 Å². The van der Waals surface area contributed by atoms with Gasteiger partial charge in [-0.2, -0.15) is 0 Å². The Bertz CT molecular complexity index is 1000. The molecule has 2 aromatic rings. The highest BCUT2D eigenvalue weighted by Crippen LogP contribution is 2.39. The van der Waals surface area contributed by atoms with Crippen LogP contribution >= 0.6 is 0 Å². The predicted molar refractivity (Wildman–Crippen MR) is 157 cm³/mol. The first-order valence-corrected chi connectivity index (χ1v) is 18.7. The second kappa shape index (κ2) is 11.0. The molecule has 0 aromatic heterocycles. The Hall–Kier alpha value is -1.69. The highest BCUT2D eigenvalue weighted by Gasteiger charge is 2.52. The molecular weight excluding hydrogens is 477 g/mol. The maximum atomic E-state index is 7.24. The fraction of sp³-hybridized carbons (Fsp3) is 0.548. The largest absolute Gasteiger partial charge is 0.405 e. The second-order valence-electron chi connectivity index (χ2n) is 12.8. The molecule has 1 aliphatic rings. The molecule has 5 heteroatoms. The molecule has 0 N–H and O–H groups in total. The van der Waals surface area contributed by atoms with E-state index < -0.39 is 22.2 Å². The Morgan fingerprint density at radius 3 is 1.86 bits per heavy atom. The van der Waals surface area contributed by atoms with Crippen molar-refractivity contribution < 1.29 is 13.9 Å². The normalized spacial score (nSPS) is 23.4. The molecule has 1 aliphatic heterocycles. The molecular formula is C31H46O3Si2. The van der Waals surface area contributed by atoms with Crippen molar-refractivity contribution in [1.29, 1.82) is 0 Å². The lowest BCUT2D eigenvalue weighted by molar-refractivity contribution is -0.327. The van der Waals surface area contributed by atoms with E-state index in [-0.39, 0.29) is 29.1 Å². The minimum absolute atomic E-state index is 0.00893. The second-order valence-corrected chi connectivity index (χ2v) is 21.8. The minimum Gasteiger partial charge on any atom is -0.405 e. The van der Waals surface area contributed by atoms with Gasteiger partial charge in [-0.3, -0.25) is 0 Å². The third-order valence-corrected chi connectivity index (χ3v) is 12.9. The maximum absolute atomic E-state index is 7.24. The summed E-state index contributed by atoms with van der Waals surface area (Å²) in [5.41, 5.74) is 3.54. The lowest BCUT2D eigenvalue weighted by Gasteiger charge is -2.48. The molecule has 4 atom stereocenters. The van der Waals surface area contributed by atoms with E-state index in [1.807, 2.05) is 13.8 Å². The number of rotatable bonds is 6. The molecule has 3 rings (SSSR count). The van der Waals surface area contributed by atoms with Crippen LogP contribution in [-0.2, 0) is 13.9 Å². The molecule has 0 unspecified atom stereocenters. The van der Waals surface area contributed by atoms with Gasteiger partial charge < -0.3 is 13.9 Å². The smallest absolute Gasteiger partial charge is 0.261 e. The average molecular weight is 523 g/mol. The lowest BCUT2D eigenvalue weighted by Crippen LogP contribution is -2.67. The van der Waals surface area contributed by atoms with Crippen LogP contribution < -0.4 is 10.4 Å². The van der Waals surface area contributed by atoms with Crippen molar-refractivity contribution in [2.75, 3.05) is 6.61 Å². The third kappa shape index (κ3) is 6.60. The quantitative estimate of drug-likeness (QED) is 0.332. The molecule has 2 aromatic carbocycles. The molecule has 1 saturated heterocycles. The van der Waals surface area contributed by atoms with Gasteiger partial charge in [0.2, 0.25) is 0 Å². The minimum atomic E-state index is -2.64. The third-order valence-electron chi connectivity index (χ3n) is 7.01. The van der Waals surface area contributed by atoms with Crippen LogP contribution in [0.25, 0.3) is 0 Å². The van der Waals surface area contributed by atoms with Crippen LogP contribution in [0.2, 0.25) is 24.7 Å². The van der Waals surface area contributed by atoms with Gasteiger partial charge in [-0.25, -0.2) is 0 Å². The van der Waals surface area contributed by atoms with Gasteiger partial charge in [0.15, 0.2) is 5.79 Å². The van der Waals surface area contributed by atoms with Crippen molar-refractivity contribution in [3.05, 3.63) is 60.7 Å². The summed E-state index contributed by atoms with van der Waals surface area (Å²) in [6, 6.07) is 21.6. The van der Waals surface area contributed by atoms with Gasteiger partial charge >= 0.3 is 0 Å². The summed E-state index contributed by atoms with van der Waals surface area (Å²) in [4.78, 5) is 0. The van der Waals surface area contributed by atoms with Crippen molar-refractivity contribution in [2.24, 2.45) is 11.8 Å². The van der Waals surface area contributed by atoms with Crippen molar-refractivity contribution in [3.63, 3.8) is 0 Å². The Balaban J connectivity index is 1.98. The highest BCUT2D eigenvalue weighted by molar-refractivity contribution is 6.99. The molecule has 196 valence electrons. The van der Waals surface area contributed by atoms with Gasteiger partial charge in [0, 0.05) is 11.8 Å². The fourth-order valence-electron chi connectivity index (χ4n) is 5.27. The van der Waals surface area contributed by atoms with E-state index in [9.17, 15) is 0 Å². The Morgan fingerprint density at radius 2 is 1.42 bits per heavy atom. The molecule has 1 heterocycles. The summed E-state index contributed by atoms with van der Waals surface area (Å²) in [6.45, 7) is 22.8. The number of ether oxygens (including phenoxy) is 2. The lowest BCUT2D eigenvalue weighted by atomic mass is 9.88. The summed E-state index contributed by atoms with van der Waals surface area (Å²) < 4.78 is 20.2. The molecule has 0 spiro atoms. The van der Waals surface area contributed by atoms with Crippen molar-refractivity contribution in [2.45, 2.75) is 91.1 Å². The van der Waals surface area contributed by atoms with Crippen molar-refractivity contribution in [1.82, 2.24) is 0 Å². The zero-order valence-corrected chi connectivity index (χ0v) is 26.0. The van der Waals surface area contributed by atoms with E-state index in [2.05, 4.69) is 126 Å². The summed E-state index contributed by atoms with van der Waals surface area (Å²) in [5, 5.41) is 2.50. The summed E-state index contributed by atoms with van der Waals surface area (Å²) in [6.07, 6.45) is -0.0955. The van der Waals surface area contributed by atoms with Crippen molar-refractivity contribution in [3.8, 4) is 11.5 Å². The first kappa shape index (κ1) is 28.9. The van der Waals surface area contributed by atoms with Crippen molar-refractivity contribution >= 4 is 26.8 Å². The number of benzene rings is 2. The van der Waals surface area contributed by atoms with Crippen LogP contribution in [0.5, 0.6) is 0 Å². The fourth-order valence-corrected chi connectivity index (χ4v) is 10.5. The van der Waals surface area contributed by atoms with Crippen LogP contribution in [0.4, 0.5) is 0 Å². The molecule has 0 radical (unpaired) electrons. The van der Waals surface area contributed by atoms with E-state index in [0.717, 1.165) is 0 Å². The van der Waals surface area contributed by atoms with Crippen LogP contribution in [0, 0.1) is 23.3 Å². The van der Waals surface area contributed by atoms with Crippen LogP contribution in [0.15, 0.2) is 60.7 Å². The van der Waals surface area contributed by atoms with Gasteiger partial charge in [0.05, 0.1) is 18.8 Å². The molecule has 36 heavy (non-hydrogen) atoms. The standard InChI is InChI=1S/C31H46O3Si2/c1-24(21-22-35(8,9)10)29-25(2)28(33-31(6,7)34-29)23-32-36(30(3,4)5,26-17-13-11-14-18-26)27-19-15-12-16-20-27/h11-20,24-25,28-29H,23H2,1-10H3/t24-,25-,28-,29-/m0/s1. The van der Waals surface area contributed by atoms with Crippen LogP contribution in [-0.4, -0.2) is 41.0 Å². The summed E-state index contributed by atoms with van der Waals surface area (Å²) >= 11 is 0. The van der Waals surface area contributed by atoms with E-state index >= 15 is 0 Å². The number of hydrogen-bond donors (Lipinski definition) is 0. The molecule has 3 nitrogen and oxygen atoms in total. The van der Waals surface area contributed by atoms with Gasteiger partial charge in [-0.05, 0) is 36.2 Å².